The van der Waals surface area contributed by atoms with Crippen LogP contribution >= 0.6 is 11.5 Å². The van der Waals surface area contributed by atoms with Gasteiger partial charge in [0, 0.05) is 5.41 Å². The molecule has 0 saturated heterocycles. The van der Waals surface area contributed by atoms with Crippen molar-refractivity contribution in [3.05, 3.63) is 10.8 Å². The Bertz CT molecular complexity index is 289. The smallest absolute Gasteiger partial charge is 0.210 e. The van der Waals surface area contributed by atoms with Gasteiger partial charge in [0.25, 0.3) is 0 Å². The Morgan fingerprint density at radius 2 is 2.09 bits per heavy atom. The van der Waals surface area contributed by atoms with Gasteiger partial charge in [0.05, 0.1) is 0 Å². The zero-order valence-corrected chi connectivity index (χ0v) is 7.57. The summed E-state index contributed by atoms with van der Waals surface area (Å²) in [6.45, 7) is 6.15. The van der Waals surface area contributed by atoms with E-state index in [1.807, 2.05) is 6.07 Å². The van der Waals surface area contributed by atoms with E-state index in [-0.39, 0.29) is 11.2 Å². The fourth-order valence-corrected chi connectivity index (χ4v) is 1.23. The first-order valence-corrected chi connectivity index (χ1v) is 4.05. The van der Waals surface area contributed by atoms with E-state index < -0.39 is 0 Å². The summed E-state index contributed by atoms with van der Waals surface area (Å²) in [7, 11) is 0. The van der Waals surface area contributed by atoms with Crippen molar-refractivity contribution in [1.82, 2.24) is 9.36 Å². The minimum Gasteiger partial charge on any atom is -0.210 e. The third kappa shape index (κ3) is 1.75. The highest BCUT2D eigenvalue weighted by Gasteiger charge is 2.18. The number of nitriles is 1. The van der Waals surface area contributed by atoms with Crippen molar-refractivity contribution in [1.29, 1.82) is 5.26 Å². The third-order valence-electron chi connectivity index (χ3n) is 1.17. The second-order valence-electron chi connectivity index (χ2n) is 3.28. The summed E-state index contributed by atoms with van der Waals surface area (Å²) in [5, 5.41) is 9.36. The van der Waals surface area contributed by atoms with Crippen molar-refractivity contribution in [2.24, 2.45) is 0 Å². The van der Waals surface area contributed by atoms with Crippen LogP contribution in [0, 0.1) is 11.3 Å². The lowest BCUT2D eigenvalue weighted by Gasteiger charge is -2.12. The molecule has 3 nitrogen and oxygen atoms in total. The molecule has 0 aliphatic rings. The van der Waals surface area contributed by atoms with Crippen LogP contribution in [0.2, 0.25) is 0 Å². The van der Waals surface area contributed by atoms with Crippen molar-refractivity contribution in [3.8, 4) is 6.07 Å². The maximum atomic E-state index is 8.45. The SMILES string of the molecule is CC(C)(C)c1nc(C#N)ns1. The summed E-state index contributed by atoms with van der Waals surface area (Å²) in [6.07, 6.45) is 0. The lowest BCUT2D eigenvalue weighted by molar-refractivity contribution is 0.585. The van der Waals surface area contributed by atoms with Gasteiger partial charge in [0.2, 0.25) is 5.82 Å². The van der Waals surface area contributed by atoms with Gasteiger partial charge in [0.15, 0.2) is 0 Å². The molecule has 1 aromatic rings. The number of nitrogens with zero attached hydrogens (tertiary/aromatic N) is 3. The zero-order chi connectivity index (χ0) is 8.48. The van der Waals surface area contributed by atoms with E-state index in [9.17, 15) is 0 Å². The second-order valence-corrected chi connectivity index (χ2v) is 4.04. The standard InChI is InChI=1S/C7H9N3S/c1-7(2,3)6-9-5(4-8)10-11-6/h1-3H3. The highest BCUT2D eigenvalue weighted by atomic mass is 32.1. The molecule has 0 atom stereocenters. The largest absolute Gasteiger partial charge is 0.244 e. The molecule has 0 radical (unpaired) electrons. The van der Waals surface area contributed by atoms with E-state index in [1.165, 1.54) is 11.5 Å². The molecular weight excluding hydrogens is 158 g/mol. The number of hydrogen-bond acceptors (Lipinski definition) is 4. The predicted molar refractivity (Wildman–Crippen MR) is 43.3 cm³/mol. The molecule has 0 saturated carbocycles. The van der Waals surface area contributed by atoms with Crippen LogP contribution in [0.5, 0.6) is 0 Å². The molecule has 0 N–H and O–H groups in total. The molecule has 0 spiro atoms. The molecule has 1 rings (SSSR count). The van der Waals surface area contributed by atoms with Gasteiger partial charge in [-0.1, -0.05) is 20.8 Å². The number of rotatable bonds is 0. The molecule has 0 aliphatic heterocycles. The predicted octanol–water partition coefficient (Wildman–Crippen LogP) is 1.71. The molecule has 11 heavy (non-hydrogen) atoms. The highest BCUT2D eigenvalue weighted by Crippen LogP contribution is 2.22. The molecule has 0 fully saturated rings. The molecular formula is C7H9N3S. The van der Waals surface area contributed by atoms with Gasteiger partial charge < -0.3 is 0 Å². The van der Waals surface area contributed by atoms with Crippen LogP contribution in [0.3, 0.4) is 0 Å². The Kier molecular flexibility index (Phi) is 1.92. The van der Waals surface area contributed by atoms with Gasteiger partial charge in [-0.25, -0.2) is 4.98 Å². The molecule has 0 aromatic carbocycles. The van der Waals surface area contributed by atoms with Crippen LogP contribution in [-0.4, -0.2) is 9.36 Å². The third-order valence-corrected chi connectivity index (χ3v) is 2.31. The quantitative estimate of drug-likeness (QED) is 0.591. The number of hydrogen-bond donors (Lipinski definition) is 0. The first-order chi connectivity index (χ1) is 5.04. The molecule has 4 heteroatoms. The molecule has 0 aliphatic carbocycles. The maximum absolute atomic E-state index is 8.45. The average Bonchev–Trinajstić information content (AvgIpc) is 2.32. The van der Waals surface area contributed by atoms with E-state index in [0.717, 1.165) is 5.01 Å². The van der Waals surface area contributed by atoms with Crippen molar-refractivity contribution in [3.63, 3.8) is 0 Å². The van der Waals surface area contributed by atoms with Crippen LogP contribution in [0.4, 0.5) is 0 Å². The summed E-state index contributed by atoms with van der Waals surface area (Å²) in [5.41, 5.74) is 0.00671. The number of aromatic nitrogens is 2. The van der Waals surface area contributed by atoms with Crippen molar-refractivity contribution in [2.75, 3.05) is 0 Å². The van der Waals surface area contributed by atoms with E-state index >= 15 is 0 Å². The van der Waals surface area contributed by atoms with Crippen molar-refractivity contribution < 1.29 is 0 Å². The average molecular weight is 167 g/mol. The fraction of sp³-hybridized carbons (Fsp3) is 0.571. The summed E-state index contributed by atoms with van der Waals surface area (Å²) in [4.78, 5) is 4.05. The zero-order valence-electron chi connectivity index (χ0n) is 6.75. The molecule has 0 bridgehead atoms. The van der Waals surface area contributed by atoms with Crippen LogP contribution in [-0.2, 0) is 5.41 Å². The van der Waals surface area contributed by atoms with Crippen molar-refractivity contribution in [2.45, 2.75) is 26.2 Å². The Labute approximate surface area is 69.9 Å². The fourth-order valence-electron chi connectivity index (χ4n) is 0.574. The Hall–Kier alpha value is -0.950. The Morgan fingerprint density at radius 3 is 2.36 bits per heavy atom. The first kappa shape index (κ1) is 8.15. The summed E-state index contributed by atoms with van der Waals surface area (Å²) in [5.74, 6) is 0.278. The van der Waals surface area contributed by atoms with E-state index in [0.29, 0.717) is 0 Å². The van der Waals surface area contributed by atoms with Crippen molar-refractivity contribution >= 4 is 11.5 Å². The Balaban J connectivity index is 3.01. The first-order valence-electron chi connectivity index (χ1n) is 3.28. The summed E-state index contributed by atoms with van der Waals surface area (Å²) in [6, 6.07) is 1.91. The van der Waals surface area contributed by atoms with E-state index in [1.54, 1.807) is 0 Å². The summed E-state index contributed by atoms with van der Waals surface area (Å²) < 4.78 is 3.87. The Morgan fingerprint density at radius 1 is 1.45 bits per heavy atom. The maximum Gasteiger partial charge on any atom is 0.244 e. The topological polar surface area (TPSA) is 49.6 Å². The van der Waals surface area contributed by atoms with Crippen LogP contribution < -0.4 is 0 Å². The molecule has 1 aromatic heterocycles. The molecule has 0 unspecified atom stereocenters. The second kappa shape index (κ2) is 2.59. The summed E-state index contributed by atoms with van der Waals surface area (Å²) >= 11 is 1.30. The molecule has 1 heterocycles. The lowest BCUT2D eigenvalue weighted by Crippen LogP contribution is -2.10. The monoisotopic (exact) mass is 167 g/mol. The minimum atomic E-state index is 0.00671. The van der Waals surface area contributed by atoms with Crippen LogP contribution in [0.1, 0.15) is 31.6 Å². The van der Waals surface area contributed by atoms with Gasteiger partial charge >= 0.3 is 0 Å². The molecule has 58 valence electrons. The normalized spacial score (nSPS) is 11.1. The highest BCUT2D eigenvalue weighted by molar-refractivity contribution is 7.05. The van der Waals surface area contributed by atoms with Gasteiger partial charge in [-0.05, 0) is 11.5 Å². The van der Waals surface area contributed by atoms with Gasteiger partial charge in [-0.3, -0.25) is 0 Å². The van der Waals surface area contributed by atoms with Crippen LogP contribution in [0.15, 0.2) is 0 Å². The van der Waals surface area contributed by atoms with E-state index in [4.69, 9.17) is 5.26 Å². The van der Waals surface area contributed by atoms with E-state index in [2.05, 4.69) is 30.1 Å². The van der Waals surface area contributed by atoms with Gasteiger partial charge in [-0.2, -0.15) is 9.64 Å². The minimum absolute atomic E-state index is 0.00671. The lowest BCUT2D eigenvalue weighted by atomic mass is 9.98. The van der Waals surface area contributed by atoms with Crippen LogP contribution in [0.25, 0.3) is 0 Å². The van der Waals surface area contributed by atoms with Gasteiger partial charge in [0.1, 0.15) is 11.1 Å². The molecule has 0 amide bonds. The van der Waals surface area contributed by atoms with Gasteiger partial charge in [-0.15, -0.1) is 0 Å².